The molecule has 2 amide bonds. The average molecular weight is 264 g/mol. The van der Waals surface area contributed by atoms with Crippen molar-refractivity contribution in [3.05, 3.63) is 41.7 Å². The molecule has 1 aromatic rings. The molecule has 0 spiro atoms. The fourth-order valence-corrected chi connectivity index (χ4v) is 1.99. The summed E-state index contributed by atoms with van der Waals surface area (Å²) in [6.45, 7) is 0.264. The Morgan fingerprint density at radius 3 is 2.79 bits per heavy atom. The Bertz CT molecular complexity index is 480. The van der Waals surface area contributed by atoms with Gasteiger partial charge in [-0.05, 0) is 30.5 Å². The Morgan fingerprint density at radius 2 is 2.11 bits per heavy atom. The molecule has 2 rings (SSSR count). The number of rotatable bonds is 4. The van der Waals surface area contributed by atoms with Crippen molar-refractivity contribution in [3.63, 3.8) is 0 Å². The molecule has 0 aliphatic heterocycles. The van der Waals surface area contributed by atoms with Crippen LogP contribution in [0.25, 0.3) is 0 Å². The van der Waals surface area contributed by atoms with Crippen LogP contribution in [-0.4, -0.2) is 19.2 Å². The maximum Gasteiger partial charge on any atom is 0.315 e. The minimum atomic E-state index is -0.378. The first kappa shape index (κ1) is 13.4. The Labute approximate surface area is 111 Å². The summed E-state index contributed by atoms with van der Waals surface area (Å²) in [6.07, 6.45) is 5.81. The number of amides is 2. The van der Waals surface area contributed by atoms with E-state index < -0.39 is 0 Å². The van der Waals surface area contributed by atoms with E-state index in [1.165, 1.54) is 19.2 Å². The van der Waals surface area contributed by atoms with Crippen molar-refractivity contribution in [1.82, 2.24) is 10.6 Å². The van der Waals surface area contributed by atoms with Crippen LogP contribution < -0.4 is 15.4 Å². The predicted molar refractivity (Wildman–Crippen MR) is 70.5 cm³/mol. The zero-order valence-electron chi connectivity index (χ0n) is 10.8. The smallest absolute Gasteiger partial charge is 0.315 e. The SMILES string of the molecule is COc1cc(F)cc(CNC(=O)NC2CC=CC2)c1. The van der Waals surface area contributed by atoms with Gasteiger partial charge in [-0.1, -0.05) is 12.2 Å². The van der Waals surface area contributed by atoms with Gasteiger partial charge in [0.15, 0.2) is 0 Å². The van der Waals surface area contributed by atoms with Crippen molar-refractivity contribution in [2.24, 2.45) is 0 Å². The molecule has 0 unspecified atom stereocenters. The molecule has 1 aliphatic carbocycles. The molecule has 1 aromatic carbocycles. The number of urea groups is 1. The van der Waals surface area contributed by atoms with Gasteiger partial charge in [-0.15, -0.1) is 0 Å². The molecule has 0 radical (unpaired) electrons. The van der Waals surface area contributed by atoms with Gasteiger partial charge >= 0.3 is 6.03 Å². The lowest BCUT2D eigenvalue weighted by molar-refractivity contribution is 0.237. The van der Waals surface area contributed by atoms with Gasteiger partial charge < -0.3 is 15.4 Å². The molecule has 4 nitrogen and oxygen atoms in total. The van der Waals surface area contributed by atoms with Gasteiger partial charge in [0.2, 0.25) is 0 Å². The zero-order chi connectivity index (χ0) is 13.7. The molecule has 2 N–H and O–H groups in total. The second-order valence-corrected chi connectivity index (χ2v) is 4.47. The van der Waals surface area contributed by atoms with Crippen molar-refractivity contribution in [3.8, 4) is 5.75 Å². The molecule has 0 bridgehead atoms. The Balaban J connectivity index is 1.84. The van der Waals surface area contributed by atoms with E-state index in [4.69, 9.17) is 4.74 Å². The quantitative estimate of drug-likeness (QED) is 0.820. The summed E-state index contributed by atoms with van der Waals surface area (Å²) in [4.78, 5) is 11.6. The second-order valence-electron chi connectivity index (χ2n) is 4.47. The summed E-state index contributed by atoms with van der Waals surface area (Å²) in [7, 11) is 1.48. The lowest BCUT2D eigenvalue weighted by Gasteiger charge is -2.13. The van der Waals surface area contributed by atoms with E-state index >= 15 is 0 Å². The fraction of sp³-hybridized carbons (Fsp3) is 0.357. The average Bonchev–Trinajstić information content (AvgIpc) is 2.88. The molecule has 1 aliphatic rings. The number of halogens is 1. The van der Waals surface area contributed by atoms with Gasteiger partial charge in [-0.2, -0.15) is 0 Å². The van der Waals surface area contributed by atoms with Crippen LogP contribution in [0.15, 0.2) is 30.4 Å². The minimum absolute atomic E-state index is 0.169. The predicted octanol–water partition coefficient (Wildman–Crippen LogP) is 2.35. The first-order valence-corrected chi connectivity index (χ1v) is 6.20. The molecule has 5 heteroatoms. The number of carbonyl (C=O) groups is 1. The summed E-state index contributed by atoms with van der Waals surface area (Å²) in [5.74, 6) is 0.0637. The summed E-state index contributed by atoms with van der Waals surface area (Å²) in [5, 5.41) is 5.56. The molecule has 0 saturated heterocycles. The van der Waals surface area contributed by atoms with Crippen molar-refractivity contribution in [2.45, 2.75) is 25.4 Å². The van der Waals surface area contributed by atoms with Crippen molar-refractivity contribution >= 4 is 6.03 Å². The number of carbonyl (C=O) groups excluding carboxylic acids is 1. The molecule has 0 aromatic heterocycles. The van der Waals surface area contributed by atoms with E-state index in [2.05, 4.69) is 10.6 Å². The van der Waals surface area contributed by atoms with E-state index in [1.54, 1.807) is 6.07 Å². The first-order chi connectivity index (χ1) is 9.17. The van der Waals surface area contributed by atoms with E-state index in [-0.39, 0.29) is 24.4 Å². The summed E-state index contributed by atoms with van der Waals surface area (Å²) in [5.41, 5.74) is 0.663. The van der Waals surface area contributed by atoms with Crippen molar-refractivity contribution in [1.29, 1.82) is 0 Å². The van der Waals surface area contributed by atoms with Gasteiger partial charge in [0.05, 0.1) is 7.11 Å². The number of methoxy groups -OCH3 is 1. The summed E-state index contributed by atoms with van der Waals surface area (Å²) in [6, 6.07) is 4.30. The normalized spacial score (nSPS) is 14.4. The monoisotopic (exact) mass is 264 g/mol. The minimum Gasteiger partial charge on any atom is -0.497 e. The second kappa shape index (κ2) is 6.22. The third-order valence-corrected chi connectivity index (χ3v) is 2.96. The standard InChI is InChI=1S/C14H17FN2O2/c1-19-13-7-10(6-11(15)8-13)9-16-14(18)17-12-4-2-3-5-12/h2-3,6-8,12H,4-5,9H2,1H3,(H2,16,17,18). The Morgan fingerprint density at radius 1 is 1.37 bits per heavy atom. The summed E-state index contributed by atoms with van der Waals surface area (Å²) >= 11 is 0. The van der Waals surface area contributed by atoms with Crippen LogP contribution in [0.3, 0.4) is 0 Å². The summed E-state index contributed by atoms with van der Waals surface area (Å²) < 4.78 is 18.2. The van der Waals surface area contributed by atoms with Crippen LogP contribution in [0.4, 0.5) is 9.18 Å². The molecule has 102 valence electrons. The van der Waals surface area contributed by atoms with Crippen LogP contribution >= 0.6 is 0 Å². The third-order valence-electron chi connectivity index (χ3n) is 2.96. The highest BCUT2D eigenvalue weighted by Crippen LogP contribution is 2.15. The van der Waals surface area contributed by atoms with E-state index in [1.807, 2.05) is 12.2 Å². The molecule has 0 atom stereocenters. The zero-order valence-corrected chi connectivity index (χ0v) is 10.8. The lowest BCUT2D eigenvalue weighted by Crippen LogP contribution is -2.40. The molecule has 0 heterocycles. The number of nitrogens with one attached hydrogen (secondary N) is 2. The van der Waals surface area contributed by atoms with Crippen LogP contribution in [0.1, 0.15) is 18.4 Å². The molecule has 19 heavy (non-hydrogen) atoms. The molecular formula is C14H17FN2O2. The van der Waals surface area contributed by atoms with Gasteiger partial charge in [0, 0.05) is 18.7 Å². The van der Waals surface area contributed by atoms with E-state index in [0.717, 1.165) is 12.8 Å². The Hall–Kier alpha value is -2.04. The maximum absolute atomic E-state index is 13.3. The number of hydrogen-bond donors (Lipinski definition) is 2. The van der Waals surface area contributed by atoms with Crippen molar-refractivity contribution in [2.75, 3.05) is 7.11 Å². The van der Waals surface area contributed by atoms with Crippen LogP contribution in [-0.2, 0) is 6.54 Å². The van der Waals surface area contributed by atoms with Gasteiger partial charge in [-0.3, -0.25) is 0 Å². The highest BCUT2D eigenvalue weighted by molar-refractivity contribution is 5.74. The van der Waals surface area contributed by atoms with Crippen LogP contribution in [0, 0.1) is 5.82 Å². The number of benzene rings is 1. The van der Waals surface area contributed by atoms with Crippen LogP contribution in [0.2, 0.25) is 0 Å². The number of ether oxygens (including phenoxy) is 1. The molecular weight excluding hydrogens is 247 g/mol. The first-order valence-electron chi connectivity index (χ1n) is 6.20. The third kappa shape index (κ3) is 3.98. The largest absolute Gasteiger partial charge is 0.497 e. The maximum atomic E-state index is 13.3. The number of hydrogen-bond acceptors (Lipinski definition) is 2. The highest BCUT2D eigenvalue weighted by Gasteiger charge is 2.12. The van der Waals surface area contributed by atoms with Crippen molar-refractivity contribution < 1.29 is 13.9 Å². The fourth-order valence-electron chi connectivity index (χ4n) is 1.99. The molecule has 0 saturated carbocycles. The lowest BCUT2D eigenvalue weighted by atomic mass is 10.2. The van der Waals surface area contributed by atoms with E-state index in [9.17, 15) is 9.18 Å². The van der Waals surface area contributed by atoms with E-state index in [0.29, 0.717) is 11.3 Å². The van der Waals surface area contributed by atoms with Gasteiger partial charge in [-0.25, -0.2) is 9.18 Å². The van der Waals surface area contributed by atoms with Gasteiger partial charge in [0.1, 0.15) is 11.6 Å². The topological polar surface area (TPSA) is 50.4 Å². The van der Waals surface area contributed by atoms with Crippen LogP contribution in [0.5, 0.6) is 5.75 Å². The molecule has 0 fully saturated rings. The highest BCUT2D eigenvalue weighted by atomic mass is 19.1. The Kier molecular flexibility index (Phi) is 4.39. The van der Waals surface area contributed by atoms with Gasteiger partial charge in [0.25, 0.3) is 0 Å².